The van der Waals surface area contributed by atoms with E-state index in [9.17, 15) is 9.69 Å². The number of ketones is 1. The molecule has 1 heterocycles. The van der Waals surface area contributed by atoms with Gasteiger partial charge in [-0.25, -0.2) is 0 Å². The first kappa shape index (κ1) is 35.9. The maximum atomic E-state index is 12.2. The van der Waals surface area contributed by atoms with E-state index < -0.39 is 8.60 Å². The van der Waals surface area contributed by atoms with Crippen molar-refractivity contribution >= 4 is 14.4 Å². The van der Waals surface area contributed by atoms with Crippen molar-refractivity contribution in [3.8, 4) is 0 Å². The van der Waals surface area contributed by atoms with Crippen molar-refractivity contribution in [3.63, 3.8) is 0 Å². The van der Waals surface area contributed by atoms with Crippen molar-refractivity contribution in [2.75, 3.05) is 46.1 Å². The molecule has 0 amide bonds. The van der Waals surface area contributed by atoms with Crippen LogP contribution < -0.4 is 0 Å². The topological polar surface area (TPSA) is 68.2 Å². The standard InChI is InChI=1S/C31H62NO5P/c1-3-5-6-7-8-9-10-11-12-13-14-15-16-17-20-25-35-28-30(27-31(33)21-4-2)29-37-38(34)36-26-24-32-22-18-19-23-32/h30,34H,3-29H2,1-2H3. The third kappa shape index (κ3) is 22.7. The van der Waals surface area contributed by atoms with E-state index in [1.54, 1.807) is 0 Å². The molecular formula is C31H62NO5P. The number of carbonyl (C=O) groups is 1. The van der Waals surface area contributed by atoms with E-state index in [4.69, 9.17) is 13.8 Å². The van der Waals surface area contributed by atoms with Gasteiger partial charge in [-0.1, -0.05) is 104 Å². The Balaban J connectivity index is 2.00. The molecule has 0 saturated carbocycles. The molecule has 0 radical (unpaired) electrons. The molecule has 0 aromatic heterocycles. The summed E-state index contributed by atoms with van der Waals surface area (Å²) >= 11 is 0. The maximum Gasteiger partial charge on any atom is 0.329 e. The van der Waals surface area contributed by atoms with Crippen LogP contribution in [0, 0.1) is 5.92 Å². The summed E-state index contributed by atoms with van der Waals surface area (Å²) in [5.41, 5.74) is 0. The number of Topliss-reactive ketones (excluding diaryl/α,β-unsaturated/α-hetero) is 1. The summed E-state index contributed by atoms with van der Waals surface area (Å²) in [6, 6.07) is 0. The molecule has 1 rings (SSSR count). The van der Waals surface area contributed by atoms with Crippen LogP contribution in [0.5, 0.6) is 0 Å². The third-order valence-corrected chi connectivity index (χ3v) is 8.29. The molecule has 0 bridgehead atoms. The van der Waals surface area contributed by atoms with Crippen molar-refractivity contribution in [1.29, 1.82) is 0 Å². The van der Waals surface area contributed by atoms with Gasteiger partial charge < -0.3 is 23.6 Å². The number of ether oxygens (including phenoxy) is 1. The van der Waals surface area contributed by atoms with Crippen LogP contribution in [-0.4, -0.2) is 61.6 Å². The molecule has 7 heteroatoms. The Kier molecular flexibility index (Phi) is 25.6. The SMILES string of the molecule is CCCCCCCCCCCCCCCCCOCC(COP(O)OCCN1CCCC1)CC(=O)CCC. The number of rotatable bonds is 29. The summed E-state index contributed by atoms with van der Waals surface area (Å²) in [5.74, 6) is 0.221. The van der Waals surface area contributed by atoms with Gasteiger partial charge in [-0.05, 0) is 38.8 Å². The molecular weight excluding hydrogens is 497 g/mol. The average molecular weight is 560 g/mol. The van der Waals surface area contributed by atoms with Gasteiger partial charge in [-0.15, -0.1) is 0 Å². The summed E-state index contributed by atoms with van der Waals surface area (Å²) in [6.07, 6.45) is 24.7. The second-order valence-corrected chi connectivity index (χ2v) is 12.3. The minimum atomic E-state index is -1.90. The Hall–Kier alpha value is -0.100. The van der Waals surface area contributed by atoms with E-state index in [0.29, 0.717) is 32.7 Å². The summed E-state index contributed by atoms with van der Waals surface area (Å²) in [6.45, 7) is 9.40. The molecule has 2 atom stereocenters. The number of nitrogens with zero attached hydrogens (tertiary/aromatic N) is 1. The van der Waals surface area contributed by atoms with Gasteiger partial charge in [0, 0.05) is 31.9 Å². The van der Waals surface area contributed by atoms with Gasteiger partial charge in [0.1, 0.15) is 5.78 Å². The second kappa shape index (κ2) is 27.1. The van der Waals surface area contributed by atoms with Gasteiger partial charge in [0.15, 0.2) is 0 Å². The van der Waals surface area contributed by atoms with E-state index >= 15 is 0 Å². The summed E-state index contributed by atoms with van der Waals surface area (Å²) in [4.78, 5) is 24.6. The average Bonchev–Trinajstić information content (AvgIpc) is 3.42. The molecule has 0 aromatic carbocycles. The zero-order chi connectivity index (χ0) is 27.5. The van der Waals surface area contributed by atoms with Crippen molar-refractivity contribution in [2.24, 2.45) is 5.92 Å². The van der Waals surface area contributed by atoms with Gasteiger partial charge in [-0.3, -0.25) is 4.79 Å². The molecule has 1 saturated heterocycles. The van der Waals surface area contributed by atoms with E-state index in [0.717, 1.165) is 39.1 Å². The van der Waals surface area contributed by atoms with Crippen LogP contribution in [0.4, 0.5) is 0 Å². The first-order valence-electron chi connectivity index (χ1n) is 16.2. The van der Waals surface area contributed by atoms with Crippen molar-refractivity contribution in [1.82, 2.24) is 4.90 Å². The normalized spacial score (nSPS) is 15.8. The van der Waals surface area contributed by atoms with Crippen LogP contribution in [-0.2, 0) is 18.6 Å². The fourth-order valence-electron chi connectivity index (χ4n) is 5.15. The first-order valence-corrected chi connectivity index (χ1v) is 17.3. The van der Waals surface area contributed by atoms with Crippen LogP contribution >= 0.6 is 8.60 Å². The van der Waals surface area contributed by atoms with E-state index in [1.165, 1.54) is 103 Å². The molecule has 6 nitrogen and oxygen atoms in total. The van der Waals surface area contributed by atoms with E-state index in [1.807, 2.05) is 6.92 Å². The van der Waals surface area contributed by atoms with Gasteiger partial charge in [-0.2, -0.15) is 0 Å². The lowest BCUT2D eigenvalue weighted by molar-refractivity contribution is -0.120. The van der Waals surface area contributed by atoms with Crippen LogP contribution in [0.2, 0.25) is 0 Å². The van der Waals surface area contributed by atoms with E-state index in [-0.39, 0.29) is 11.7 Å². The molecule has 1 N–H and O–H groups in total. The van der Waals surface area contributed by atoms with Crippen molar-refractivity contribution < 1.29 is 23.5 Å². The van der Waals surface area contributed by atoms with Crippen LogP contribution in [0.1, 0.15) is 142 Å². The quantitative estimate of drug-likeness (QED) is 0.0731. The van der Waals surface area contributed by atoms with Crippen molar-refractivity contribution in [3.05, 3.63) is 0 Å². The zero-order valence-corrected chi connectivity index (χ0v) is 26.0. The summed E-state index contributed by atoms with van der Waals surface area (Å²) in [5, 5.41) is 0. The maximum absolute atomic E-state index is 12.2. The molecule has 1 fully saturated rings. The van der Waals surface area contributed by atoms with E-state index in [2.05, 4.69) is 11.8 Å². The number of carbonyl (C=O) groups excluding carboxylic acids is 1. The lowest BCUT2D eigenvalue weighted by Gasteiger charge is -2.19. The van der Waals surface area contributed by atoms with Crippen LogP contribution in [0.15, 0.2) is 0 Å². The largest absolute Gasteiger partial charge is 0.381 e. The first-order chi connectivity index (χ1) is 18.7. The van der Waals surface area contributed by atoms with Gasteiger partial charge in [0.25, 0.3) is 0 Å². The Labute approximate surface area is 236 Å². The lowest BCUT2D eigenvalue weighted by Crippen LogP contribution is -2.23. The van der Waals surface area contributed by atoms with Crippen LogP contribution in [0.25, 0.3) is 0 Å². The predicted octanol–water partition coefficient (Wildman–Crippen LogP) is 8.60. The number of likely N-dealkylation sites (tertiary alicyclic amines) is 1. The minimum Gasteiger partial charge on any atom is -0.381 e. The fourth-order valence-corrected chi connectivity index (χ4v) is 5.81. The Morgan fingerprint density at radius 3 is 1.84 bits per heavy atom. The highest BCUT2D eigenvalue weighted by atomic mass is 31.2. The highest BCUT2D eigenvalue weighted by Crippen LogP contribution is 2.33. The number of hydrogen-bond acceptors (Lipinski definition) is 6. The second-order valence-electron chi connectivity index (χ2n) is 11.3. The zero-order valence-electron chi connectivity index (χ0n) is 25.1. The third-order valence-electron chi connectivity index (χ3n) is 7.52. The monoisotopic (exact) mass is 559 g/mol. The number of unbranched alkanes of at least 4 members (excludes halogenated alkanes) is 14. The molecule has 1 aliphatic rings. The number of hydrogen-bond donors (Lipinski definition) is 1. The molecule has 38 heavy (non-hydrogen) atoms. The molecule has 0 aromatic rings. The van der Waals surface area contributed by atoms with Crippen molar-refractivity contribution in [2.45, 2.75) is 142 Å². The molecule has 226 valence electrons. The van der Waals surface area contributed by atoms with Gasteiger partial charge >= 0.3 is 8.60 Å². The Morgan fingerprint density at radius 2 is 1.29 bits per heavy atom. The molecule has 0 aliphatic carbocycles. The van der Waals surface area contributed by atoms with Gasteiger partial charge in [0.2, 0.25) is 0 Å². The lowest BCUT2D eigenvalue weighted by atomic mass is 10.0. The Morgan fingerprint density at radius 1 is 0.737 bits per heavy atom. The highest BCUT2D eigenvalue weighted by molar-refractivity contribution is 7.40. The molecule has 0 spiro atoms. The highest BCUT2D eigenvalue weighted by Gasteiger charge is 2.18. The minimum absolute atomic E-state index is 0.0234. The smallest absolute Gasteiger partial charge is 0.329 e. The van der Waals surface area contributed by atoms with Crippen LogP contribution in [0.3, 0.4) is 0 Å². The molecule has 2 unspecified atom stereocenters. The predicted molar refractivity (Wildman–Crippen MR) is 160 cm³/mol. The summed E-state index contributed by atoms with van der Waals surface area (Å²) in [7, 11) is -1.90. The van der Waals surface area contributed by atoms with Gasteiger partial charge in [0.05, 0.1) is 19.8 Å². The fraction of sp³-hybridized carbons (Fsp3) is 0.968. The molecule has 1 aliphatic heterocycles. The summed E-state index contributed by atoms with van der Waals surface area (Å²) < 4.78 is 17.0. The Bertz CT molecular complexity index is 518.